The van der Waals surface area contributed by atoms with E-state index in [4.69, 9.17) is 14.7 Å². The molecule has 0 radical (unpaired) electrons. The highest BCUT2D eigenvalue weighted by molar-refractivity contribution is 5.85. The largest absolute Gasteiger partial charge is 0.454 e. The molecular formula is C19H19ClN2O2. The normalized spacial score (nSPS) is 12.2. The van der Waals surface area contributed by atoms with Crippen molar-refractivity contribution >= 4 is 18.5 Å². The molecule has 2 aromatic carbocycles. The zero-order valence-electron chi connectivity index (χ0n) is 13.4. The highest BCUT2D eigenvalue weighted by Gasteiger charge is 2.13. The van der Waals surface area contributed by atoms with Gasteiger partial charge in [-0.05, 0) is 42.4 Å². The zero-order chi connectivity index (χ0) is 16.1. The number of likely N-dealkylation sites (N-methyl/N-ethyl adjacent to an activating group) is 1. The van der Waals surface area contributed by atoms with Gasteiger partial charge in [0.05, 0.1) is 11.6 Å². The van der Waals surface area contributed by atoms with Gasteiger partial charge >= 0.3 is 0 Å². The van der Waals surface area contributed by atoms with Crippen molar-refractivity contribution in [3.05, 3.63) is 65.2 Å². The van der Waals surface area contributed by atoms with Crippen LogP contribution in [0.25, 0.3) is 6.08 Å². The first-order valence-electron chi connectivity index (χ1n) is 7.48. The third-order valence-electron chi connectivity index (χ3n) is 3.66. The predicted molar refractivity (Wildman–Crippen MR) is 96.3 cm³/mol. The molecule has 5 heteroatoms. The van der Waals surface area contributed by atoms with Gasteiger partial charge in [-0.15, -0.1) is 12.4 Å². The molecule has 0 saturated heterocycles. The van der Waals surface area contributed by atoms with Crippen LogP contribution in [0.2, 0.25) is 0 Å². The fourth-order valence-electron chi connectivity index (χ4n) is 2.45. The maximum absolute atomic E-state index is 8.78. The number of rotatable bonds is 5. The maximum atomic E-state index is 8.78. The Labute approximate surface area is 148 Å². The standard InChI is InChI=1S/C19H18N2O2.ClH/c1-21(10-2-3-15-4-6-16(12-20)7-5-15)13-17-8-9-18-19(11-17)23-14-22-18;/h2-9,11H,10,13-14H2,1H3;1H/b3-2+;. The summed E-state index contributed by atoms with van der Waals surface area (Å²) in [5.74, 6) is 1.64. The van der Waals surface area contributed by atoms with Crippen molar-refractivity contribution in [3.63, 3.8) is 0 Å². The average Bonchev–Trinajstić information content (AvgIpc) is 3.03. The van der Waals surface area contributed by atoms with Gasteiger partial charge < -0.3 is 9.47 Å². The van der Waals surface area contributed by atoms with E-state index >= 15 is 0 Å². The van der Waals surface area contributed by atoms with E-state index in [-0.39, 0.29) is 12.4 Å². The van der Waals surface area contributed by atoms with E-state index in [1.807, 2.05) is 36.4 Å². The number of halogens is 1. The lowest BCUT2D eigenvalue weighted by molar-refractivity contribution is 0.174. The molecule has 0 fully saturated rings. The Balaban J connectivity index is 0.00000208. The van der Waals surface area contributed by atoms with Crippen molar-refractivity contribution in [2.75, 3.05) is 20.4 Å². The zero-order valence-corrected chi connectivity index (χ0v) is 14.3. The highest BCUT2D eigenvalue weighted by Crippen LogP contribution is 2.32. The van der Waals surface area contributed by atoms with Crippen molar-refractivity contribution in [1.82, 2.24) is 4.90 Å². The molecular weight excluding hydrogens is 324 g/mol. The van der Waals surface area contributed by atoms with E-state index in [2.05, 4.69) is 36.2 Å². The second kappa shape index (κ2) is 8.39. The maximum Gasteiger partial charge on any atom is 0.231 e. The molecule has 0 bridgehead atoms. The summed E-state index contributed by atoms with van der Waals surface area (Å²) >= 11 is 0. The number of nitriles is 1. The molecule has 3 rings (SSSR count). The predicted octanol–water partition coefficient (Wildman–Crippen LogP) is 3.85. The number of fused-ring (bicyclic) bond motifs is 1. The molecule has 0 unspecified atom stereocenters. The molecule has 0 amide bonds. The van der Waals surface area contributed by atoms with Crippen LogP contribution in [0.5, 0.6) is 11.5 Å². The third kappa shape index (κ3) is 4.51. The lowest BCUT2D eigenvalue weighted by atomic mass is 10.1. The van der Waals surface area contributed by atoms with E-state index in [1.165, 1.54) is 5.56 Å². The van der Waals surface area contributed by atoms with Gasteiger partial charge in [0.1, 0.15) is 0 Å². The van der Waals surface area contributed by atoms with Crippen molar-refractivity contribution in [2.24, 2.45) is 0 Å². The van der Waals surface area contributed by atoms with Crippen LogP contribution in [0.3, 0.4) is 0 Å². The molecule has 1 aliphatic heterocycles. The van der Waals surface area contributed by atoms with E-state index in [9.17, 15) is 0 Å². The third-order valence-corrected chi connectivity index (χ3v) is 3.66. The lowest BCUT2D eigenvalue weighted by Gasteiger charge is -2.14. The van der Waals surface area contributed by atoms with E-state index in [0.717, 1.165) is 30.2 Å². The summed E-state index contributed by atoms with van der Waals surface area (Å²) in [6, 6.07) is 15.7. The molecule has 0 aliphatic carbocycles. The van der Waals surface area contributed by atoms with E-state index < -0.39 is 0 Å². The number of benzene rings is 2. The van der Waals surface area contributed by atoms with Gasteiger partial charge in [-0.25, -0.2) is 0 Å². The number of ether oxygens (including phenoxy) is 2. The smallest absolute Gasteiger partial charge is 0.231 e. The minimum absolute atomic E-state index is 0. The molecule has 24 heavy (non-hydrogen) atoms. The molecule has 4 nitrogen and oxygen atoms in total. The highest BCUT2D eigenvalue weighted by atomic mass is 35.5. The van der Waals surface area contributed by atoms with E-state index in [0.29, 0.717) is 12.4 Å². The van der Waals surface area contributed by atoms with Crippen molar-refractivity contribution in [2.45, 2.75) is 6.54 Å². The summed E-state index contributed by atoms with van der Waals surface area (Å²) in [7, 11) is 2.08. The minimum Gasteiger partial charge on any atom is -0.454 e. The quantitative estimate of drug-likeness (QED) is 0.827. The minimum atomic E-state index is 0. The number of hydrogen-bond acceptors (Lipinski definition) is 4. The van der Waals surface area contributed by atoms with Crippen molar-refractivity contribution in [1.29, 1.82) is 5.26 Å². The van der Waals surface area contributed by atoms with Crippen LogP contribution in [0, 0.1) is 11.3 Å². The Morgan fingerprint density at radius 1 is 1.12 bits per heavy atom. The van der Waals surface area contributed by atoms with Gasteiger partial charge in [-0.3, -0.25) is 4.90 Å². The first-order valence-corrected chi connectivity index (χ1v) is 7.48. The number of hydrogen-bond donors (Lipinski definition) is 0. The lowest BCUT2D eigenvalue weighted by Crippen LogP contribution is -2.17. The Morgan fingerprint density at radius 2 is 1.88 bits per heavy atom. The first-order chi connectivity index (χ1) is 11.2. The van der Waals surface area contributed by atoms with Gasteiger partial charge in [-0.1, -0.05) is 30.4 Å². The van der Waals surface area contributed by atoms with Gasteiger partial charge in [0.15, 0.2) is 11.5 Å². The van der Waals surface area contributed by atoms with Crippen molar-refractivity contribution < 1.29 is 9.47 Å². The number of nitrogens with zero attached hydrogens (tertiary/aromatic N) is 2. The van der Waals surface area contributed by atoms with Crippen LogP contribution in [-0.2, 0) is 6.54 Å². The topological polar surface area (TPSA) is 45.5 Å². The summed E-state index contributed by atoms with van der Waals surface area (Å²) in [6.07, 6.45) is 4.19. The van der Waals surface area contributed by atoms with Crippen LogP contribution < -0.4 is 9.47 Å². The molecule has 1 heterocycles. The summed E-state index contributed by atoms with van der Waals surface area (Å²) in [5, 5.41) is 8.78. The molecule has 0 atom stereocenters. The average molecular weight is 343 g/mol. The van der Waals surface area contributed by atoms with E-state index in [1.54, 1.807) is 0 Å². The summed E-state index contributed by atoms with van der Waals surface area (Å²) in [6.45, 7) is 1.99. The van der Waals surface area contributed by atoms with Crippen LogP contribution in [0.1, 0.15) is 16.7 Å². The summed E-state index contributed by atoms with van der Waals surface area (Å²) in [4.78, 5) is 2.22. The summed E-state index contributed by atoms with van der Waals surface area (Å²) in [5.41, 5.74) is 2.98. The second-order valence-corrected chi connectivity index (χ2v) is 5.52. The molecule has 2 aromatic rings. The SMILES string of the molecule is CN(C/C=C/c1ccc(C#N)cc1)Cc1ccc2c(c1)OCO2.Cl. The fraction of sp³-hybridized carbons (Fsp3) is 0.211. The molecule has 0 saturated carbocycles. The van der Waals surface area contributed by atoms with Crippen molar-refractivity contribution in [3.8, 4) is 17.6 Å². The van der Waals surface area contributed by atoms with Gasteiger partial charge in [0, 0.05) is 13.1 Å². The van der Waals surface area contributed by atoms with Crippen LogP contribution in [0.4, 0.5) is 0 Å². The Hall–Kier alpha value is -2.48. The Kier molecular flexibility index (Phi) is 6.25. The van der Waals surface area contributed by atoms with Gasteiger partial charge in [0.25, 0.3) is 0 Å². The van der Waals surface area contributed by atoms with Crippen LogP contribution in [0.15, 0.2) is 48.5 Å². The van der Waals surface area contributed by atoms with Crippen LogP contribution in [-0.4, -0.2) is 25.3 Å². The van der Waals surface area contributed by atoms with Gasteiger partial charge in [0.2, 0.25) is 6.79 Å². The molecule has 0 aromatic heterocycles. The van der Waals surface area contributed by atoms with Gasteiger partial charge in [-0.2, -0.15) is 5.26 Å². The molecule has 0 spiro atoms. The molecule has 1 aliphatic rings. The summed E-state index contributed by atoms with van der Waals surface area (Å²) < 4.78 is 10.7. The monoisotopic (exact) mass is 342 g/mol. The molecule has 124 valence electrons. The second-order valence-electron chi connectivity index (χ2n) is 5.52. The first kappa shape index (κ1) is 17.9. The fourth-order valence-corrected chi connectivity index (χ4v) is 2.45. The molecule has 0 N–H and O–H groups in total. The Morgan fingerprint density at radius 3 is 2.62 bits per heavy atom. The Bertz CT molecular complexity index is 751. The van der Waals surface area contributed by atoms with Crippen LogP contribution >= 0.6 is 12.4 Å².